The van der Waals surface area contributed by atoms with Crippen molar-refractivity contribution in [2.24, 2.45) is 5.92 Å². The van der Waals surface area contributed by atoms with Crippen molar-refractivity contribution in [1.82, 2.24) is 14.2 Å². The first-order valence-corrected chi connectivity index (χ1v) is 6.39. The smallest absolute Gasteiger partial charge is 0.250 e. The van der Waals surface area contributed by atoms with Crippen LogP contribution in [0.4, 0.5) is 0 Å². The number of nitrogens with zero attached hydrogens (tertiary/aromatic N) is 3. The largest absolute Gasteiger partial charge is 0.350 e. The van der Waals surface area contributed by atoms with Gasteiger partial charge in [0.2, 0.25) is 0 Å². The van der Waals surface area contributed by atoms with Crippen molar-refractivity contribution in [1.29, 1.82) is 0 Å². The highest BCUT2D eigenvalue weighted by Crippen LogP contribution is 2.27. The van der Waals surface area contributed by atoms with Crippen LogP contribution in [0.3, 0.4) is 0 Å². The maximum absolute atomic E-state index is 12.0. The summed E-state index contributed by atoms with van der Waals surface area (Å²) in [6.45, 7) is 0.755. The van der Waals surface area contributed by atoms with Crippen LogP contribution < -0.4 is 5.69 Å². The third-order valence-electron chi connectivity index (χ3n) is 3.71. The Hall–Kier alpha value is -1.58. The van der Waals surface area contributed by atoms with Gasteiger partial charge in [-0.15, -0.1) is 5.10 Å². The second-order valence-corrected chi connectivity index (χ2v) is 4.87. The number of rotatable bonds is 3. The third kappa shape index (κ3) is 1.99. The summed E-state index contributed by atoms with van der Waals surface area (Å²) in [6.07, 6.45) is 8.21. The number of fused-ring (bicyclic) bond motifs is 1. The molecule has 1 fully saturated rings. The molecule has 4 heteroatoms. The first-order valence-electron chi connectivity index (χ1n) is 6.39. The molecular formula is C13H17N3O. The van der Waals surface area contributed by atoms with Gasteiger partial charge in [-0.05, 0) is 24.5 Å². The zero-order valence-electron chi connectivity index (χ0n) is 9.88. The Kier molecular flexibility index (Phi) is 2.71. The Balaban J connectivity index is 1.80. The van der Waals surface area contributed by atoms with E-state index in [4.69, 9.17) is 0 Å². The first-order chi connectivity index (χ1) is 8.34. The maximum Gasteiger partial charge on any atom is 0.350 e. The number of aromatic nitrogens is 3. The minimum atomic E-state index is -0.0152. The Labute approximate surface area is 99.9 Å². The second-order valence-electron chi connectivity index (χ2n) is 4.87. The van der Waals surface area contributed by atoms with Gasteiger partial charge in [0.05, 0.1) is 0 Å². The molecule has 0 radical (unpaired) electrons. The molecular weight excluding hydrogens is 214 g/mol. The summed E-state index contributed by atoms with van der Waals surface area (Å²) < 4.78 is 3.21. The quantitative estimate of drug-likeness (QED) is 0.811. The Bertz CT molecular complexity index is 563. The molecule has 3 rings (SSSR count). The molecule has 0 atom stereocenters. The second kappa shape index (κ2) is 4.35. The summed E-state index contributed by atoms with van der Waals surface area (Å²) in [4.78, 5) is 12.0. The van der Waals surface area contributed by atoms with Gasteiger partial charge in [-0.1, -0.05) is 31.7 Å². The molecule has 0 bridgehead atoms. The highest BCUT2D eigenvalue weighted by Gasteiger charge is 2.15. The number of hydrogen-bond donors (Lipinski definition) is 0. The Morgan fingerprint density at radius 1 is 1.29 bits per heavy atom. The van der Waals surface area contributed by atoms with Crippen LogP contribution in [0.1, 0.15) is 32.1 Å². The monoisotopic (exact) mass is 231 g/mol. The predicted molar refractivity (Wildman–Crippen MR) is 66.0 cm³/mol. The lowest BCUT2D eigenvalue weighted by Crippen LogP contribution is -2.22. The van der Waals surface area contributed by atoms with Gasteiger partial charge in [0.1, 0.15) is 0 Å². The van der Waals surface area contributed by atoms with E-state index in [0.29, 0.717) is 0 Å². The van der Waals surface area contributed by atoms with Crippen LogP contribution in [0, 0.1) is 5.92 Å². The molecule has 1 saturated carbocycles. The van der Waals surface area contributed by atoms with E-state index in [2.05, 4.69) is 5.10 Å². The highest BCUT2D eigenvalue weighted by atomic mass is 16.2. The summed E-state index contributed by atoms with van der Waals surface area (Å²) in [5.41, 5.74) is 0.725. The molecule has 0 aliphatic heterocycles. The minimum absolute atomic E-state index is 0.0152. The fraction of sp³-hybridized carbons (Fsp3) is 0.538. The van der Waals surface area contributed by atoms with Gasteiger partial charge in [0.25, 0.3) is 0 Å². The number of pyridine rings is 1. The van der Waals surface area contributed by atoms with Crippen molar-refractivity contribution < 1.29 is 0 Å². The van der Waals surface area contributed by atoms with Crippen LogP contribution in [0.5, 0.6) is 0 Å². The summed E-state index contributed by atoms with van der Waals surface area (Å²) >= 11 is 0. The normalized spacial score (nSPS) is 16.9. The van der Waals surface area contributed by atoms with E-state index >= 15 is 0 Å². The van der Waals surface area contributed by atoms with Crippen molar-refractivity contribution in [3.8, 4) is 0 Å². The molecule has 2 aromatic heterocycles. The summed E-state index contributed by atoms with van der Waals surface area (Å²) in [7, 11) is 0. The van der Waals surface area contributed by atoms with Crippen molar-refractivity contribution in [3.63, 3.8) is 0 Å². The molecule has 1 aliphatic rings. The minimum Gasteiger partial charge on any atom is -0.250 e. The highest BCUT2D eigenvalue weighted by molar-refractivity contribution is 5.35. The van der Waals surface area contributed by atoms with Crippen LogP contribution in [0.2, 0.25) is 0 Å². The first kappa shape index (κ1) is 10.6. The van der Waals surface area contributed by atoms with Gasteiger partial charge in [0, 0.05) is 12.7 Å². The molecule has 0 saturated heterocycles. The van der Waals surface area contributed by atoms with E-state index in [1.54, 1.807) is 15.3 Å². The topological polar surface area (TPSA) is 39.3 Å². The lowest BCUT2D eigenvalue weighted by molar-refractivity contribution is 0.433. The molecule has 1 aliphatic carbocycles. The van der Waals surface area contributed by atoms with Crippen molar-refractivity contribution >= 4 is 5.65 Å². The predicted octanol–water partition coefficient (Wildman–Crippen LogP) is 2.08. The fourth-order valence-corrected chi connectivity index (χ4v) is 2.72. The van der Waals surface area contributed by atoms with Crippen molar-refractivity contribution in [2.75, 3.05) is 0 Å². The van der Waals surface area contributed by atoms with E-state index in [0.717, 1.165) is 24.5 Å². The molecule has 2 aromatic rings. The Morgan fingerprint density at radius 3 is 2.88 bits per heavy atom. The van der Waals surface area contributed by atoms with E-state index in [1.807, 2.05) is 18.2 Å². The third-order valence-corrected chi connectivity index (χ3v) is 3.71. The van der Waals surface area contributed by atoms with Gasteiger partial charge < -0.3 is 0 Å². The molecule has 4 nitrogen and oxygen atoms in total. The molecule has 0 amide bonds. The lowest BCUT2D eigenvalue weighted by Gasteiger charge is -2.06. The van der Waals surface area contributed by atoms with Crippen LogP contribution in [-0.2, 0) is 6.54 Å². The molecule has 17 heavy (non-hydrogen) atoms. The van der Waals surface area contributed by atoms with E-state index in [1.165, 1.54) is 25.7 Å². The molecule has 0 spiro atoms. The van der Waals surface area contributed by atoms with Gasteiger partial charge in [-0.3, -0.25) is 4.40 Å². The van der Waals surface area contributed by atoms with E-state index in [9.17, 15) is 4.79 Å². The molecule has 2 heterocycles. The summed E-state index contributed by atoms with van der Waals surface area (Å²) in [5, 5.41) is 4.34. The lowest BCUT2D eigenvalue weighted by atomic mass is 10.0. The average Bonchev–Trinajstić information content (AvgIpc) is 2.96. The standard InChI is InChI=1S/C13H17N3O/c17-13-15-9-4-3-7-12(15)14-16(13)10-8-11-5-1-2-6-11/h3-4,7,9,11H,1-2,5-6,8,10H2. The van der Waals surface area contributed by atoms with Crippen LogP contribution in [0.25, 0.3) is 5.65 Å². The fourth-order valence-electron chi connectivity index (χ4n) is 2.72. The zero-order chi connectivity index (χ0) is 11.7. The van der Waals surface area contributed by atoms with Gasteiger partial charge in [-0.2, -0.15) is 0 Å². The number of aryl methyl sites for hydroxylation is 1. The molecule has 0 aromatic carbocycles. The molecule has 0 unspecified atom stereocenters. The van der Waals surface area contributed by atoms with Gasteiger partial charge in [0.15, 0.2) is 5.65 Å². The van der Waals surface area contributed by atoms with E-state index in [-0.39, 0.29) is 5.69 Å². The van der Waals surface area contributed by atoms with Gasteiger partial charge >= 0.3 is 5.69 Å². The number of hydrogen-bond acceptors (Lipinski definition) is 2. The maximum atomic E-state index is 12.0. The molecule has 0 N–H and O–H groups in total. The average molecular weight is 231 g/mol. The van der Waals surface area contributed by atoms with Gasteiger partial charge in [-0.25, -0.2) is 9.48 Å². The SMILES string of the molecule is O=c1n(CCC2CCCC2)nc2ccccn12. The van der Waals surface area contributed by atoms with Crippen LogP contribution in [-0.4, -0.2) is 14.2 Å². The van der Waals surface area contributed by atoms with Crippen molar-refractivity contribution in [2.45, 2.75) is 38.6 Å². The summed E-state index contributed by atoms with van der Waals surface area (Å²) in [5.74, 6) is 0.798. The molecule has 90 valence electrons. The Morgan fingerprint density at radius 2 is 2.12 bits per heavy atom. The van der Waals surface area contributed by atoms with Crippen LogP contribution in [0.15, 0.2) is 29.2 Å². The zero-order valence-corrected chi connectivity index (χ0v) is 9.88. The summed E-state index contributed by atoms with van der Waals surface area (Å²) in [6, 6.07) is 5.63. The van der Waals surface area contributed by atoms with E-state index < -0.39 is 0 Å². The van der Waals surface area contributed by atoms with Crippen molar-refractivity contribution in [3.05, 3.63) is 34.9 Å². The van der Waals surface area contributed by atoms with Crippen LogP contribution >= 0.6 is 0 Å².